The van der Waals surface area contributed by atoms with Crippen LogP contribution in [0, 0.1) is 5.92 Å². The molecule has 3 heteroatoms. The Kier molecular flexibility index (Phi) is 2.25. The Labute approximate surface area is 78.9 Å². The van der Waals surface area contributed by atoms with Crippen LogP contribution in [0.2, 0.25) is 0 Å². The molecule has 0 radical (unpaired) electrons. The van der Waals surface area contributed by atoms with Crippen molar-refractivity contribution in [1.82, 2.24) is 9.78 Å². The Bertz CT molecular complexity index is 275. The average molecular weight is 179 g/mol. The van der Waals surface area contributed by atoms with Gasteiger partial charge in [0.15, 0.2) is 0 Å². The van der Waals surface area contributed by atoms with Crippen LogP contribution in [-0.4, -0.2) is 9.78 Å². The summed E-state index contributed by atoms with van der Waals surface area (Å²) in [5.41, 5.74) is 5.78. The fourth-order valence-electron chi connectivity index (χ4n) is 2.00. The molecule has 2 N–H and O–H groups in total. The number of rotatable bonds is 3. The Balaban J connectivity index is 1.96. The van der Waals surface area contributed by atoms with E-state index >= 15 is 0 Å². The monoisotopic (exact) mass is 179 g/mol. The van der Waals surface area contributed by atoms with Gasteiger partial charge in [0, 0.05) is 0 Å². The molecule has 0 bridgehead atoms. The minimum atomic E-state index is 0.459. The van der Waals surface area contributed by atoms with E-state index in [1.807, 2.05) is 10.7 Å². The highest BCUT2D eigenvalue weighted by molar-refractivity contribution is 5.26. The Morgan fingerprint density at radius 1 is 1.69 bits per heavy atom. The van der Waals surface area contributed by atoms with Gasteiger partial charge < -0.3 is 5.73 Å². The van der Waals surface area contributed by atoms with Gasteiger partial charge in [-0.05, 0) is 25.3 Å². The van der Waals surface area contributed by atoms with Crippen LogP contribution in [0.1, 0.15) is 38.6 Å². The molecule has 72 valence electrons. The molecule has 1 aromatic rings. The normalized spacial score (nSPS) is 19.8. The van der Waals surface area contributed by atoms with Crippen LogP contribution in [0.5, 0.6) is 0 Å². The van der Waals surface area contributed by atoms with Gasteiger partial charge in [-0.1, -0.05) is 19.3 Å². The molecule has 0 spiro atoms. The van der Waals surface area contributed by atoms with E-state index < -0.39 is 0 Å². The molecule has 0 saturated heterocycles. The second kappa shape index (κ2) is 3.40. The Morgan fingerprint density at radius 2 is 2.46 bits per heavy atom. The van der Waals surface area contributed by atoms with Gasteiger partial charge in [0.25, 0.3) is 0 Å². The number of nitrogens with zero attached hydrogens (tertiary/aromatic N) is 2. The van der Waals surface area contributed by atoms with Gasteiger partial charge in [0.2, 0.25) is 0 Å². The molecule has 13 heavy (non-hydrogen) atoms. The zero-order chi connectivity index (χ0) is 9.26. The molecule has 3 nitrogen and oxygen atoms in total. The third-order valence-corrected chi connectivity index (χ3v) is 3.02. The second-order valence-electron chi connectivity index (χ2n) is 4.08. The van der Waals surface area contributed by atoms with Crippen molar-refractivity contribution in [2.75, 3.05) is 5.73 Å². The number of nitrogens with two attached hydrogens (primary N) is 1. The summed E-state index contributed by atoms with van der Waals surface area (Å²) in [5, 5.41) is 4.22. The maximum atomic E-state index is 5.78. The highest BCUT2D eigenvalue weighted by atomic mass is 15.3. The molecular weight excluding hydrogens is 162 g/mol. The zero-order valence-electron chi connectivity index (χ0n) is 8.11. The van der Waals surface area contributed by atoms with Gasteiger partial charge in [0.1, 0.15) is 5.82 Å². The van der Waals surface area contributed by atoms with E-state index in [9.17, 15) is 0 Å². The van der Waals surface area contributed by atoms with Gasteiger partial charge in [-0.3, -0.25) is 0 Å². The minimum absolute atomic E-state index is 0.459. The quantitative estimate of drug-likeness (QED) is 0.773. The molecule has 1 atom stereocenters. The summed E-state index contributed by atoms with van der Waals surface area (Å²) in [6.45, 7) is 2.20. The molecular formula is C10H17N3. The Morgan fingerprint density at radius 3 is 2.92 bits per heavy atom. The third-order valence-electron chi connectivity index (χ3n) is 3.02. The largest absolute Gasteiger partial charge is 0.384 e. The van der Waals surface area contributed by atoms with Gasteiger partial charge >= 0.3 is 0 Å². The molecule has 0 amide bonds. The smallest absolute Gasteiger partial charge is 0.121 e. The molecule has 1 aliphatic rings. The second-order valence-corrected chi connectivity index (χ2v) is 4.08. The van der Waals surface area contributed by atoms with Crippen molar-refractivity contribution >= 4 is 5.82 Å². The summed E-state index contributed by atoms with van der Waals surface area (Å²) in [5.74, 6) is 1.70. The predicted molar refractivity (Wildman–Crippen MR) is 53.3 cm³/mol. The lowest BCUT2D eigenvalue weighted by atomic mass is 9.81. The van der Waals surface area contributed by atoms with E-state index in [1.54, 1.807) is 6.20 Å². The van der Waals surface area contributed by atoms with Crippen LogP contribution in [0.4, 0.5) is 5.82 Å². The standard InChI is InChI=1S/C10H17N3/c1-8(7-9-3-2-4-9)13-10(11)5-6-12-13/h5-6,8-9H,2-4,7,11H2,1H3. The van der Waals surface area contributed by atoms with Crippen molar-refractivity contribution in [2.24, 2.45) is 5.92 Å². The van der Waals surface area contributed by atoms with Crippen LogP contribution in [0.15, 0.2) is 12.3 Å². The van der Waals surface area contributed by atoms with Crippen LogP contribution in [0.3, 0.4) is 0 Å². The maximum absolute atomic E-state index is 5.78. The summed E-state index contributed by atoms with van der Waals surface area (Å²) in [6, 6.07) is 2.32. The van der Waals surface area contributed by atoms with Crippen LogP contribution < -0.4 is 5.73 Å². The SMILES string of the molecule is CC(CC1CCC1)n1nccc1N. The van der Waals surface area contributed by atoms with E-state index in [4.69, 9.17) is 5.73 Å². The van der Waals surface area contributed by atoms with Gasteiger partial charge in [0.05, 0.1) is 12.2 Å². The van der Waals surface area contributed by atoms with E-state index in [1.165, 1.54) is 25.7 Å². The molecule has 0 aliphatic heterocycles. The summed E-state index contributed by atoms with van der Waals surface area (Å²) in [4.78, 5) is 0. The number of nitrogen functional groups attached to an aromatic ring is 1. The number of hydrogen-bond donors (Lipinski definition) is 1. The number of hydrogen-bond acceptors (Lipinski definition) is 2. The first-order valence-electron chi connectivity index (χ1n) is 5.06. The van der Waals surface area contributed by atoms with Crippen molar-refractivity contribution in [3.63, 3.8) is 0 Å². The first-order chi connectivity index (χ1) is 6.27. The molecule has 1 aromatic heterocycles. The van der Waals surface area contributed by atoms with Crippen LogP contribution in [0.25, 0.3) is 0 Å². The first kappa shape index (κ1) is 8.60. The fraction of sp³-hybridized carbons (Fsp3) is 0.700. The number of anilines is 1. The van der Waals surface area contributed by atoms with E-state index in [2.05, 4.69) is 12.0 Å². The van der Waals surface area contributed by atoms with Crippen LogP contribution >= 0.6 is 0 Å². The summed E-state index contributed by atoms with van der Waals surface area (Å²) < 4.78 is 1.93. The fourth-order valence-corrected chi connectivity index (χ4v) is 2.00. The summed E-state index contributed by atoms with van der Waals surface area (Å²) in [6.07, 6.45) is 7.20. The van der Waals surface area contributed by atoms with Crippen molar-refractivity contribution in [3.05, 3.63) is 12.3 Å². The lowest BCUT2D eigenvalue weighted by molar-refractivity contribution is 0.251. The van der Waals surface area contributed by atoms with Gasteiger partial charge in [-0.15, -0.1) is 0 Å². The molecule has 1 fully saturated rings. The van der Waals surface area contributed by atoms with Gasteiger partial charge in [-0.2, -0.15) is 5.10 Å². The topological polar surface area (TPSA) is 43.8 Å². The van der Waals surface area contributed by atoms with Crippen molar-refractivity contribution in [3.8, 4) is 0 Å². The molecule has 1 saturated carbocycles. The minimum Gasteiger partial charge on any atom is -0.384 e. The van der Waals surface area contributed by atoms with Crippen molar-refractivity contribution in [2.45, 2.75) is 38.6 Å². The van der Waals surface area contributed by atoms with E-state index in [0.717, 1.165) is 11.7 Å². The summed E-state index contributed by atoms with van der Waals surface area (Å²) in [7, 11) is 0. The van der Waals surface area contributed by atoms with Gasteiger partial charge in [-0.25, -0.2) is 4.68 Å². The Hall–Kier alpha value is -0.990. The van der Waals surface area contributed by atoms with Crippen LogP contribution in [-0.2, 0) is 0 Å². The molecule has 1 unspecified atom stereocenters. The maximum Gasteiger partial charge on any atom is 0.121 e. The highest BCUT2D eigenvalue weighted by Gasteiger charge is 2.21. The lowest BCUT2D eigenvalue weighted by Gasteiger charge is -2.28. The third kappa shape index (κ3) is 1.69. The van der Waals surface area contributed by atoms with E-state index in [-0.39, 0.29) is 0 Å². The molecule has 1 aliphatic carbocycles. The highest BCUT2D eigenvalue weighted by Crippen LogP contribution is 2.33. The average Bonchev–Trinajstić information content (AvgIpc) is 2.43. The number of aromatic nitrogens is 2. The van der Waals surface area contributed by atoms with Crippen molar-refractivity contribution < 1.29 is 0 Å². The predicted octanol–water partition coefficient (Wildman–Crippen LogP) is 2.22. The summed E-state index contributed by atoms with van der Waals surface area (Å²) >= 11 is 0. The first-order valence-corrected chi connectivity index (χ1v) is 5.06. The zero-order valence-corrected chi connectivity index (χ0v) is 8.11. The molecule has 2 rings (SSSR count). The molecule has 1 heterocycles. The lowest BCUT2D eigenvalue weighted by Crippen LogP contribution is -2.18. The van der Waals surface area contributed by atoms with Crippen molar-refractivity contribution in [1.29, 1.82) is 0 Å². The van der Waals surface area contributed by atoms with E-state index in [0.29, 0.717) is 6.04 Å². The molecule has 0 aromatic carbocycles.